The second-order valence-corrected chi connectivity index (χ2v) is 3.90. The van der Waals surface area contributed by atoms with Gasteiger partial charge in [0.15, 0.2) is 11.6 Å². The van der Waals surface area contributed by atoms with Gasteiger partial charge in [-0.05, 0) is 25.8 Å². The number of hydrogen-bond donors (Lipinski definition) is 0. The molecule has 1 saturated carbocycles. The zero-order valence-electron chi connectivity index (χ0n) is 8.93. The van der Waals surface area contributed by atoms with E-state index in [2.05, 4.69) is 0 Å². The average Bonchev–Trinajstić information content (AvgIpc) is 3.04. The van der Waals surface area contributed by atoms with E-state index in [0.717, 1.165) is 6.07 Å². The molecule has 2 rings (SSSR count). The van der Waals surface area contributed by atoms with Crippen molar-refractivity contribution < 1.29 is 18.3 Å². The minimum absolute atomic E-state index is 0.117. The molecule has 4 heteroatoms. The summed E-state index contributed by atoms with van der Waals surface area (Å²) in [6.45, 7) is 1.94. The van der Waals surface area contributed by atoms with Crippen molar-refractivity contribution in [1.29, 1.82) is 0 Å². The molecular formula is C12H12F2O2. The molecule has 86 valence electrons. The zero-order valence-corrected chi connectivity index (χ0v) is 8.93. The maximum absolute atomic E-state index is 13.6. The number of esters is 1. The number of ether oxygens (including phenoxy) is 1. The largest absolute Gasteiger partial charge is 0.465 e. The molecule has 1 aromatic rings. The standard InChI is InChI=1S/C12H12F2O2/c1-2-16-11(15)12(6-7-12)8-4-3-5-9(13)10(8)14/h3-5H,2,6-7H2,1H3. The Labute approximate surface area is 92.2 Å². The fourth-order valence-corrected chi connectivity index (χ4v) is 1.85. The Morgan fingerprint density at radius 3 is 2.69 bits per heavy atom. The molecule has 0 bridgehead atoms. The van der Waals surface area contributed by atoms with Crippen molar-refractivity contribution in [3.05, 3.63) is 35.4 Å². The van der Waals surface area contributed by atoms with Gasteiger partial charge in [-0.25, -0.2) is 8.78 Å². The van der Waals surface area contributed by atoms with Gasteiger partial charge < -0.3 is 4.74 Å². The van der Waals surface area contributed by atoms with E-state index in [1.165, 1.54) is 12.1 Å². The number of halogens is 2. The fourth-order valence-electron chi connectivity index (χ4n) is 1.85. The highest BCUT2D eigenvalue weighted by molar-refractivity contribution is 5.86. The third-order valence-corrected chi connectivity index (χ3v) is 2.88. The lowest BCUT2D eigenvalue weighted by molar-refractivity contribution is -0.146. The summed E-state index contributed by atoms with van der Waals surface area (Å²) < 4.78 is 31.5. The summed E-state index contributed by atoms with van der Waals surface area (Å²) in [6.07, 6.45) is 1.04. The van der Waals surface area contributed by atoms with E-state index in [4.69, 9.17) is 4.74 Å². The molecule has 1 aliphatic carbocycles. The van der Waals surface area contributed by atoms with Crippen molar-refractivity contribution in [3.8, 4) is 0 Å². The highest BCUT2D eigenvalue weighted by atomic mass is 19.2. The van der Waals surface area contributed by atoms with E-state index in [1.54, 1.807) is 6.92 Å². The lowest BCUT2D eigenvalue weighted by atomic mass is 9.95. The van der Waals surface area contributed by atoms with E-state index in [-0.39, 0.29) is 12.2 Å². The van der Waals surface area contributed by atoms with E-state index in [1.807, 2.05) is 0 Å². The Bertz CT molecular complexity index is 425. The molecule has 0 heterocycles. The quantitative estimate of drug-likeness (QED) is 0.740. The molecule has 0 spiro atoms. The lowest BCUT2D eigenvalue weighted by Crippen LogP contribution is -2.24. The van der Waals surface area contributed by atoms with Crippen molar-refractivity contribution >= 4 is 5.97 Å². The van der Waals surface area contributed by atoms with Crippen molar-refractivity contribution in [2.75, 3.05) is 6.61 Å². The third kappa shape index (κ3) is 1.58. The minimum atomic E-state index is -0.942. The van der Waals surface area contributed by atoms with Crippen LogP contribution in [-0.4, -0.2) is 12.6 Å². The Kier molecular flexibility index (Phi) is 2.66. The number of hydrogen-bond acceptors (Lipinski definition) is 2. The molecule has 0 aromatic heterocycles. The van der Waals surface area contributed by atoms with Crippen LogP contribution in [0.4, 0.5) is 8.78 Å². The van der Waals surface area contributed by atoms with Crippen LogP contribution in [0.3, 0.4) is 0 Å². The summed E-state index contributed by atoms with van der Waals surface area (Å²) in [7, 11) is 0. The van der Waals surface area contributed by atoms with Gasteiger partial charge in [-0.3, -0.25) is 4.79 Å². The predicted molar refractivity (Wildman–Crippen MR) is 53.9 cm³/mol. The van der Waals surface area contributed by atoms with Crippen LogP contribution in [0.15, 0.2) is 18.2 Å². The summed E-state index contributed by atoms with van der Waals surface area (Å²) in [6, 6.07) is 3.90. The van der Waals surface area contributed by atoms with Gasteiger partial charge in [-0.1, -0.05) is 12.1 Å². The van der Waals surface area contributed by atoms with E-state index in [0.29, 0.717) is 12.8 Å². The van der Waals surface area contributed by atoms with Crippen molar-refractivity contribution in [2.45, 2.75) is 25.2 Å². The van der Waals surface area contributed by atoms with Crippen LogP contribution in [-0.2, 0) is 14.9 Å². The minimum Gasteiger partial charge on any atom is -0.465 e. The van der Waals surface area contributed by atoms with Gasteiger partial charge in [0, 0.05) is 5.56 Å². The van der Waals surface area contributed by atoms with Gasteiger partial charge in [0.05, 0.1) is 12.0 Å². The van der Waals surface area contributed by atoms with Gasteiger partial charge >= 0.3 is 5.97 Å². The smallest absolute Gasteiger partial charge is 0.316 e. The van der Waals surface area contributed by atoms with Crippen LogP contribution in [0, 0.1) is 11.6 Å². The van der Waals surface area contributed by atoms with Crippen LogP contribution >= 0.6 is 0 Å². The van der Waals surface area contributed by atoms with Gasteiger partial charge in [0.2, 0.25) is 0 Å². The molecule has 0 amide bonds. The number of carbonyl (C=O) groups excluding carboxylic acids is 1. The SMILES string of the molecule is CCOC(=O)C1(c2cccc(F)c2F)CC1. The highest BCUT2D eigenvalue weighted by Gasteiger charge is 2.54. The molecule has 1 aliphatic rings. The monoisotopic (exact) mass is 226 g/mol. The van der Waals surface area contributed by atoms with Crippen molar-refractivity contribution in [3.63, 3.8) is 0 Å². The van der Waals surface area contributed by atoms with Gasteiger partial charge in [-0.2, -0.15) is 0 Å². The second kappa shape index (κ2) is 3.85. The fraction of sp³-hybridized carbons (Fsp3) is 0.417. The second-order valence-electron chi connectivity index (χ2n) is 3.90. The van der Waals surface area contributed by atoms with Gasteiger partial charge in [0.1, 0.15) is 0 Å². The Morgan fingerprint density at radius 1 is 1.44 bits per heavy atom. The first-order valence-electron chi connectivity index (χ1n) is 5.23. The first-order chi connectivity index (χ1) is 7.62. The van der Waals surface area contributed by atoms with Crippen molar-refractivity contribution in [2.24, 2.45) is 0 Å². The first kappa shape index (κ1) is 11.0. The van der Waals surface area contributed by atoms with E-state index in [9.17, 15) is 13.6 Å². The molecule has 0 unspecified atom stereocenters. The molecule has 2 nitrogen and oxygen atoms in total. The normalized spacial score (nSPS) is 16.9. The molecule has 0 atom stereocenters. The summed E-state index contributed by atoms with van der Waals surface area (Å²) >= 11 is 0. The van der Waals surface area contributed by atoms with Crippen LogP contribution in [0.5, 0.6) is 0 Å². The number of benzene rings is 1. The van der Waals surface area contributed by atoms with Crippen LogP contribution in [0.25, 0.3) is 0 Å². The molecule has 0 radical (unpaired) electrons. The van der Waals surface area contributed by atoms with E-state index < -0.39 is 23.0 Å². The van der Waals surface area contributed by atoms with Crippen LogP contribution < -0.4 is 0 Å². The Balaban J connectivity index is 2.37. The predicted octanol–water partition coefficient (Wildman–Crippen LogP) is 2.56. The molecule has 0 saturated heterocycles. The lowest BCUT2D eigenvalue weighted by Gasteiger charge is -2.14. The summed E-state index contributed by atoms with van der Waals surface area (Å²) in [5.41, 5.74) is -0.826. The highest BCUT2D eigenvalue weighted by Crippen LogP contribution is 2.50. The molecule has 1 fully saturated rings. The molecular weight excluding hydrogens is 214 g/mol. The number of rotatable bonds is 3. The summed E-state index contributed by atoms with van der Waals surface area (Å²) in [5.74, 6) is -2.32. The third-order valence-electron chi connectivity index (χ3n) is 2.88. The molecule has 0 aliphatic heterocycles. The average molecular weight is 226 g/mol. The Morgan fingerprint density at radius 2 is 2.12 bits per heavy atom. The van der Waals surface area contributed by atoms with Crippen LogP contribution in [0.1, 0.15) is 25.3 Å². The zero-order chi connectivity index (χ0) is 11.8. The number of carbonyl (C=O) groups is 1. The first-order valence-corrected chi connectivity index (χ1v) is 5.23. The van der Waals surface area contributed by atoms with Gasteiger partial charge in [0.25, 0.3) is 0 Å². The van der Waals surface area contributed by atoms with E-state index >= 15 is 0 Å². The summed E-state index contributed by atoms with van der Waals surface area (Å²) in [4.78, 5) is 11.7. The van der Waals surface area contributed by atoms with Gasteiger partial charge in [-0.15, -0.1) is 0 Å². The Hall–Kier alpha value is -1.45. The maximum atomic E-state index is 13.6. The molecule has 0 N–H and O–H groups in total. The molecule has 1 aromatic carbocycles. The van der Waals surface area contributed by atoms with Crippen molar-refractivity contribution in [1.82, 2.24) is 0 Å². The molecule has 16 heavy (non-hydrogen) atoms. The topological polar surface area (TPSA) is 26.3 Å². The maximum Gasteiger partial charge on any atom is 0.316 e. The summed E-state index contributed by atoms with van der Waals surface area (Å²) in [5, 5.41) is 0. The van der Waals surface area contributed by atoms with Crippen LogP contribution in [0.2, 0.25) is 0 Å².